The number of benzene rings is 2. The number of methoxy groups -OCH3 is 1. The number of rotatable bonds is 18. The molecule has 1 aliphatic rings. The van der Waals surface area contributed by atoms with Gasteiger partial charge in [-0.3, -0.25) is 19.7 Å². The second-order valence-electron chi connectivity index (χ2n) is 20.8. The van der Waals surface area contributed by atoms with Crippen LogP contribution in [0, 0.1) is 5.92 Å². The molecule has 65 heavy (non-hydrogen) atoms. The van der Waals surface area contributed by atoms with E-state index in [1.54, 1.807) is 63.8 Å². The van der Waals surface area contributed by atoms with Crippen LogP contribution >= 0.6 is 0 Å². The average molecular weight is 940 g/mol. The van der Waals surface area contributed by atoms with Crippen molar-refractivity contribution in [1.82, 2.24) is 10.2 Å². The van der Waals surface area contributed by atoms with Gasteiger partial charge in [-0.15, -0.1) is 0 Å². The summed E-state index contributed by atoms with van der Waals surface area (Å²) < 4.78 is 30.4. The summed E-state index contributed by atoms with van der Waals surface area (Å²) in [5.74, 6) is -1.08. The first kappa shape index (κ1) is 54.5. The largest absolute Gasteiger partial charge is 0.540 e. The number of hydrogen-bond donors (Lipinski definition) is 4. The van der Waals surface area contributed by atoms with E-state index in [2.05, 4.69) is 91.4 Å². The number of hydrogen-bond acceptors (Lipinski definition) is 10. The summed E-state index contributed by atoms with van der Waals surface area (Å²) in [6.07, 6.45) is -0.692. The fourth-order valence-corrected chi connectivity index (χ4v) is 14.2. The van der Waals surface area contributed by atoms with Gasteiger partial charge in [0.25, 0.3) is 20.1 Å². The highest BCUT2D eigenvalue weighted by atomic mass is 28.4. The van der Waals surface area contributed by atoms with Crippen molar-refractivity contribution in [2.45, 2.75) is 169 Å². The molecule has 0 saturated carbocycles. The van der Waals surface area contributed by atoms with Gasteiger partial charge >= 0.3 is 12.2 Å². The predicted octanol–water partition coefficient (Wildman–Crippen LogP) is 10.4. The summed E-state index contributed by atoms with van der Waals surface area (Å²) in [6, 6.07) is 9.12. The number of carbonyl (C=O) groups is 5. The zero-order valence-electron chi connectivity index (χ0n) is 42.1. The van der Waals surface area contributed by atoms with Crippen molar-refractivity contribution in [1.29, 1.82) is 0 Å². The molecule has 5 N–H and O–H groups in total. The SMILES string of the molecule is COc1cc(C(=O)N2C=C(c3ccc(NC(=O)C(C)NC(=O)C(OC(N)=O)C(C)C)cc3)C[C@H]2CO[Si](C)(C)C(C)(C)C)c(NC(=O)OC(C)(C)C)cc1O[Si](C(C)C)(C(C)C)C(C)C. The van der Waals surface area contributed by atoms with Crippen molar-refractivity contribution in [3.63, 3.8) is 0 Å². The quantitative estimate of drug-likeness (QED) is 0.104. The minimum absolute atomic E-state index is 0.0844. The third-order valence-electron chi connectivity index (χ3n) is 12.4. The van der Waals surface area contributed by atoms with Gasteiger partial charge in [0.2, 0.25) is 5.91 Å². The lowest BCUT2D eigenvalue weighted by molar-refractivity contribution is -0.134. The van der Waals surface area contributed by atoms with Crippen molar-refractivity contribution >= 4 is 63.5 Å². The fraction of sp³-hybridized carbons (Fsp3) is 0.604. The molecule has 2 aromatic carbocycles. The van der Waals surface area contributed by atoms with Crippen molar-refractivity contribution in [2.24, 2.45) is 11.7 Å². The molecular weight excluding hydrogens is 863 g/mol. The molecule has 3 atom stereocenters. The van der Waals surface area contributed by atoms with E-state index in [4.69, 9.17) is 28.8 Å². The third kappa shape index (κ3) is 13.8. The summed E-state index contributed by atoms with van der Waals surface area (Å²) in [6.45, 7) is 34.4. The number of carbonyl (C=O) groups excluding carboxylic acids is 5. The van der Waals surface area contributed by atoms with Crippen LogP contribution in [0.2, 0.25) is 34.8 Å². The van der Waals surface area contributed by atoms with Crippen molar-refractivity contribution in [3.05, 3.63) is 53.7 Å². The van der Waals surface area contributed by atoms with E-state index < -0.39 is 64.4 Å². The Morgan fingerprint density at radius 2 is 1.38 bits per heavy atom. The van der Waals surface area contributed by atoms with Crippen LogP contribution < -0.4 is 30.8 Å². The van der Waals surface area contributed by atoms with Gasteiger partial charge in [-0.05, 0) is 104 Å². The first-order chi connectivity index (χ1) is 29.8. The molecule has 17 heteroatoms. The third-order valence-corrected chi connectivity index (χ3v) is 22.9. The van der Waals surface area contributed by atoms with E-state index in [9.17, 15) is 19.2 Å². The molecule has 362 valence electrons. The van der Waals surface area contributed by atoms with Gasteiger partial charge in [0.1, 0.15) is 17.4 Å². The maximum absolute atomic E-state index is 15.1. The molecule has 0 aliphatic carbocycles. The number of nitrogens with zero attached hydrogens (tertiary/aromatic N) is 1. The second kappa shape index (κ2) is 21.6. The molecule has 0 bridgehead atoms. The zero-order chi connectivity index (χ0) is 49.6. The monoisotopic (exact) mass is 940 g/mol. The highest BCUT2D eigenvalue weighted by Gasteiger charge is 2.48. The Bertz CT molecular complexity index is 2030. The summed E-state index contributed by atoms with van der Waals surface area (Å²) in [7, 11) is -3.26. The van der Waals surface area contributed by atoms with E-state index in [0.717, 1.165) is 11.1 Å². The van der Waals surface area contributed by atoms with Crippen LogP contribution in [-0.4, -0.2) is 88.9 Å². The number of anilines is 2. The number of nitrogens with one attached hydrogen (secondary N) is 3. The lowest BCUT2D eigenvalue weighted by Gasteiger charge is -2.42. The van der Waals surface area contributed by atoms with E-state index in [1.807, 2.05) is 18.3 Å². The molecule has 1 aliphatic heterocycles. The van der Waals surface area contributed by atoms with Crippen LogP contribution in [0.3, 0.4) is 0 Å². The van der Waals surface area contributed by atoms with Gasteiger partial charge in [-0.25, -0.2) is 9.59 Å². The maximum atomic E-state index is 15.1. The second-order valence-corrected chi connectivity index (χ2v) is 31.0. The normalized spacial score (nSPS) is 15.7. The van der Waals surface area contributed by atoms with Gasteiger partial charge in [0.15, 0.2) is 20.2 Å². The predicted molar refractivity (Wildman–Crippen MR) is 262 cm³/mol. The highest BCUT2D eigenvalue weighted by Crippen LogP contribution is 2.47. The minimum atomic E-state index is -2.53. The first-order valence-electron chi connectivity index (χ1n) is 22.6. The average Bonchev–Trinajstić information content (AvgIpc) is 3.60. The summed E-state index contributed by atoms with van der Waals surface area (Å²) >= 11 is 0. The standard InChI is InChI=1S/C48H77N5O10Si2/c1-28(2)41(61-45(49)57)43(55)50-32(9)42(54)51-35-21-19-33(20-22-35)34-23-36(27-60-64(17,18)48(13,14)15)53(26-34)44(56)37-24-39(59-16)40(25-38(37)52-46(58)62-47(10,11)12)63-65(29(3)4,30(5)6)31(7)8/h19-22,24-26,28-32,36,41H,23,27H2,1-18H3,(H2,49,57)(H,50,55)(H,51,54)(H,52,58)/t32?,36-,41?/m0/s1. The van der Waals surface area contributed by atoms with Crippen LogP contribution in [0.5, 0.6) is 11.5 Å². The van der Waals surface area contributed by atoms with E-state index in [-0.39, 0.29) is 51.3 Å². The van der Waals surface area contributed by atoms with Gasteiger partial charge in [-0.1, -0.05) is 88.3 Å². The number of ether oxygens (including phenoxy) is 3. The van der Waals surface area contributed by atoms with E-state index in [0.29, 0.717) is 23.6 Å². The lowest BCUT2D eigenvalue weighted by atomic mass is 10.0. The summed E-state index contributed by atoms with van der Waals surface area (Å²) in [5.41, 5.74) is 7.59. The molecule has 3 rings (SSSR count). The summed E-state index contributed by atoms with van der Waals surface area (Å²) in [5, 5.41) is 8.19. The molecule has 0 radical (unpaired) electrons. The molecule has 2 aromatic rings. The van der Waals surface area contributed by atoms with Crippen molar-refractivity contribution in [3.8, 4) is 11.5 Å². The minimum Gasteiger partial charge on any atom is -0.540 e. The topological polar surface area (TPSA) is 197 Å². The molecule has 5 amide bonds. The molecule has 0 saturated heterocycles. The number of primary amides is 1. The molecule has 2 unspecified atom stereocenters. The van der Waals surface area contributed by atoms with Crippen LogP contribution in [0.4, 0.5) is 21.0 Å². The number of amides is 5. The first-order valence-corrected chi connectivity index (χ1v) is 27.7. The Labute approximate surface area is 389 Å². The Kier molecular flexibility index (Phi) is 18.1. The van der Waals surface area contributed by atoms with Gasteiger partial charge in [0.05, 0.1) is 31.0 Å². The molecule has 0 fully saturated rings. The van der Waals surface area contributed by atoms with Crippen LogP contribution in [0.1, 0.15) is 126 Å². The molecular formula is C48H77N5O10Si2. The van der Waals surface area contributed by atoms with E-state index in [1.165, 1.54) is 14.0 Å². The van der Waals surface area contributed by atoms with Gasteiger partial charge in [-0.2, -0.15) is 0 Å². The van der Waals surface area contributed by atoms with Gasteiger partial charge < -0.3 is 44.3 Å². The fourth-order valence-electron chi connectivity index (χ4n) is 7.93. The molecule has 0 spiro atoms. The Morgan fingerprint density at radius 3 is 1.86 bits per heavy atom. The molecule has 15 nitrogen and oxygen atoms in total. The zero-order valence-corrected chi connectivity index (χ0v) is 44.1. The Hall–Kier alpha value is -4.88. The molecule has 0 aromatic heterocycles. The summed E-state index contributed by atoms with van der Waals surface area (Å²) in [4.78, 5) is 67.5. The Balaban J connectivity index is 2.10. The molecule has 1 heterocycles. The highest BCUT2D eigenvalue weighted by molar-refractivity contribution is 6.78. The van der Waals surface area contributed by atoms with Crippen LogP contribution in [0.25, 0.3) is 5.57 Å². The maximum Gasteiger partial charge on any atom is 0.412 e. The van der Waals surface area contributed by atoms with Crippen LogP contribution in [-0.2, 0) is 23.5 Å². The van der Waals surface area contributed by atoms with Crippen molar-refractivity contribution in [2.75, 3.05) is 24.4 Å². The smallest absolute Gasteiger partial charge is 0.412 e. The van der Waals surface area contributed by atoms with Crippen molar-refractivity contribution < 1.29 is 47.0 Å². The van der Waals surface area contributed by atoms with Gasteiger partial charge in [0, 0.05) is 18.0 Å². The lowest BCUT2D eigenvalue weighted by Crippen LogP contribution is -2.50. The van der Waals surface area contributed by atoms with Crippen LogP contribution in [0.15, 0.2) is 42.6 Å². The van der Waals surface area contributed by atoms with E-state index >= 15 is 4.79 Å². The Morgan fingerprint density at radius 1 is 0.815 bits per heavy atom. The number of nitrogens with two attached hydrogens (primary N) is 1.